The maximum Gasteiger partial charge on any atom is 0.279 e. The summed E-state index contributed by atoms with van der Waals surface area (Å²) in [5.74, 6) is 0.842. The Balaban J connectivity index is 1.60. The number of benzene rings is 1. The predicted octanol–water partition coefficient (Wildman–Crippen LogP) is 3.32. The minimum atomic E-state index is -0.147. The summed E-state index contributed by atoms with van der Waals surface area (Å²) in [6.45, 7) is 2.17. The highest BCUT2D eigenvalue weighted by Crippen LogP contribution is 2.25. The Morgan fingerprint density at radius 1 is 1.31 bits per heavy atom. The second kappa shape index (κ2) is 8.18. The molecule has 0 aliphatic rings. The van der Waals surface area contributed by atoms with Crippen molar-refractivity contribution in [3.63, 3.8) is 0 Å². The molecule has 0 radical (unpaired) electrons. The molecule has 1 unspecified atom stereocenters. The van der Waals surface area contributed by atoms with Crippen LogP contribution in [-0.4, -0.2) is 29.7 Å². The van der Waals surface area contributed by atoms with Crippen LogP contribution in [0.15, 0.2) is 40.1 Å². The van der Waals surface area contributed by atoms with Gasteiger partial charge < -0.3 is 14.6 Å². The van der Waals surface area contributed by atoms with Crippen molar-refractivity contribution < 1.29 is 14.1 Å². The van der Waals surface area contributed by atoms with Gasteiger partial charge in [0.25, 0.3) is 17.7 Å². The molecule has 0 bridgehead atoms. The number of thiophene rings is 1. The van der Waals surface area contributed by atoms with Crippen LogP contribution in [0.1, 0.15) is 18.9 Å². The largest absolute Gasteiger partial charge is 0.414 e. The summed E-state index contributed by atoms with van der Waals surface area (Å²) in [4.78, 5) is 14.1. The maximum atomic E-state index is 12.3. The molecule has 0 saturated carbocycles. The molecule has 0 fully saturated rings. The Morgan fingerprint density at radius 3 is 2.81 bits per heavy atom. The normalized spacial score (nSPS) is 13.4. The highest BCUT2D eigenvalue weighted by Gasteiger charge is 2.24. The number of hydrogen-bond donors (Lipinski definition) is 2. The third kappa shape index (κ3) is 4.42. The van der Waals surface area contributed by atoms with Crippen LogP contribution < -0.4 is 10.2 Å². The Kier molecular flexibility index (Phi) is 5.93. The molecule has 26 heavy (non-hydrogen) atoms. The van der Waals surface area contributed by atoms with Crippen molar-refractivity contribution in [1.82, 2.24) is 10.2 Å². The zero-order valence-corrected chi connectivity index (χ0v) is 16.5. The van der Waals surface area contributed by atoms with Crippen LogP contribution in [0.5, 0.6) is 0 Å². The van der Waals surface area contributed by atoms with Crippen molar-refractivity contribution in [2.75, 3.05) is 18.9 Å². The molecule has 1 aromatic carbocycles. The zero-order chi connectivity index (χ0) is 18.7. The summed E-state index contributed by atoms with van der Waals surface area (Å²) in [7, 11) is 1.90. The molecule has 1 amide bonds. The zero-order valence-electron chi connectivity index (χ0n) is 14.1. The number of anilines is 1. The van der Waals surface area contributed by atoms with Crippen molar-refractivity contribution >= 4 is 46.1 Å². The van der Waals surface area contributed by atoms with Gasteiger partial charge in [0.15, 0.2) is 12.6 Å². The molecular weight excluding hydrogens is 395 g/mol. The van der Waals surface area contributed by atoms with E-state index in [2.05, 4.69) is 15.5 Å². The van der Waals surface area contributed by atoms with Crippen molar-refractivity contribution in [3.8, 4) is 10.8 Å². The van der Waals surface area contributed by atoms with E-state index < -0.39 is 0 Å². The molecule has 2 atom stereocenters. The summed E-state index contributed by atoms with van der Waals surface area (Å²) in [5, 5.41) is 13.8. The van der Waals surface area contributed by atoms with Gasteiger partial charge in [0, 0.05) is 5.69 Å². The summed E-state index contributed by atoms with van der Waals surface area (Å²) in [6, 6.07) is 8.69. The van der Waals surface area contributed by atoms with E-state index in [1.807, 2.05) is 31.5 Å². The first kappa shape index (κ1) is 18.8. The molecular formula is C17H17Cl2N4O2S+. The lowest BCUT2D eigenvalue weighted by atomic mass is 10.3. The van der Waals surface area contributed by atoms with Crippen molar-refractivity contribution in [3.05, 3.63) is 51.6 Å². The number of carbonyl (C=O) groups is 1. The lowest BCUT2D eigenvalue weighted by Gasteiger charge is -2.18. The Bertz CT molecular complexity index is 898. The average molecular weight is 412 g/mol. The van der Waals surface area contributed by atoms with E-state index in [0.717, 1.165) is 9.78 Å². The highest BCUT2D eigenvalue weighted by atomic mass is 35.5. The lowest BCUT2D eigenvalue weighted by Crippen LogP contribution is -3.10. The van der Waals surface area contributed by atoms with Gasteiger partial charge in [0.05, 0.1) is 22.0 Å². The molecule has 136 valence electrons. The molecule has 2 N–H and O–H groups in total. The Hall–Kier alpha value is -1.93. The number of likely N-dealkylation sites (N-methyl/N-ethyl adjacent to an activating group) is 1. The summed E-state index contributed by atoms with van der Waals surface area (Å²) >= 11 is 13.4. The minimum absolute atomic E-state index is 0.129. The molecule has 2 heterocycles. The van der Waals surface area contributed by atoms with Gasteiger partial charge in [0.1, 0.15) is 0 Å². The van der Waals surface area contributed by atoms with Crippen LogP contribution in [0.4, 0.5) is 5.69 Å². The number of amides is 1. The van der Waals surface area contributed by atoms with Crippen LogP contribution in [-0.2, 0) is 4.79 Å². The summed E-state index contributed by atoms with van der Waals surface area (Å²) < 4.78 is 5.74. The topological polar surface area (TPSA) is 72.5 Å². The number of hydrogen-bond acceptors (Lipinski definition) is 5. The number of aromatic nitrogens is 2. The number of halogens is 2. The summed E-state index contributed by atoms with van der Waals surface area (Å²) in [5.41, 5.74) is 0.600. The molecule has 0 aliphatic carbocycles. The SMILES string of the molecule is C[C@@H](c1nnc(-c2cccs2)o1)[NH+](C)CC(=O)Nc1ccc(Cl)c(Cl)c1. The second-order valence-corrected chi connectivity index (χ2v) is 7.61. The van der Waals surface area contributed by atoms with Gasteiger partial charge in [-0.2, -0.15) is 0 Å². The first-order valence-electron chi connectivity index (χ1n) is 7.88. The average Bonchev–Trinajstić information content (AvgIpc) is 3.28. The smallest absolute Gasteiger partial charge is 0.279 e. The number of rotatable bonds is 6. The number of carbonyl (C=O) groups excluding carboxylic acids is 1. The minimum Gasteiger partial charge on any atom is -0.414 e. The molecule has 2 aromatic heterocycles. The quantitative estimate of drug-likeness (QED) is 0.652. The van der Waals surface area contributed by atoms with Gasteiger partial charge in [-0.1, -0.05) is 29.3 Å². The van der Waals surface area contributed by atoms with E-state index >= 15 is 0 Å². The van der Waals surface area contributed by atoms with Gasteiger partial charge in [-0.25, -0.2) is 0 Å². The van der Waals surface area contributed by atoms with Gasteiger partial charge in [0.2, 0.25) is 0 Å². The number of nitrogens with one attached hydrogen (secondary N) is 2. The van der Waals surface area contributed by atoms with Crippen LogP contribution in [0.25, 0.3) is 10.8 Å². The van der Waals surface area contributed by atoms with E-state index in [-0.39, 0.29) is 18.5 Å². The van der Waals surface area contributed by atoms with E-state index in [1.165, 1.54) is 11.3 Å². The van der Waals surface area contributed by atoms with Crippen molar-refractivity contribution in [1.29, 1.82) is 0 Å². The number of nitrogens with zero attached hydrogens (tertiary/aromatic N) is 2. The summed E-state index contributed by atoms with van der Waals surface area (Å²) in [6.07, 6.45) is 0. The van der Waals surface area contributed by atoms with Crippen molar-refractivity contribution in [2.24, 2.45) is 0 Å². The molecule has 6 nitrogen and oxygen atoms in total. The van der Waals surface area contributed by atoms with E-state index in [0.29, 0.717) is 27.5 Å². The second-order valence-electron chi connectivity index (χ2n) is 5.84. The fraction of sp³-hybridized carbons (Fsp3) is 0.235. The van der Waals surface area contributed by atoms with Crippen LogP contribution in [0.3, 0.4) is 0 Å². The monoisotopic (exact) mass is 411 g/mol. The maximum absolute atomic E-state index is 12.3. The Labute approximate surface area is 164 Å². The molecule has 0 aliphatic heterocycles. The molecule has 0 spiro atoms. The Morgan fingerprint density at radius 2 is 2.12 bits per heavy atom. The van der Waals surface area contributed by atoms with E-state index in [4.69, 9.17) is 27.6 Å². The first-order valence-corrected chi connectivity index (χ1v) is 9.52. The van der Waals surface area contributed by atoms with Gasteiger partial charge in [-0.3, -0.25) is 4.79 Å². The fourth-order valence-electron chi connectivity index (χ4n) is 2.31. The van der Waals surface area contributed by atoms with Gasteiger partial charge >= 0.3 is 0 Å². The molecule has 3 rings (SSSR count). The third-order valence-electron chi connectivity index (χ3n) is 3.92. The standard InChI is InChI=1S/C17H16Cl2N4O2S/c1-10(16-21-22-17(25-16)14-4-3-7-26-14)23(2)9-15(24)20-11-5-6-12(18)13(19)8-11/h3-8,10H,9H2,1-2H3,(H,20,24)/p+1/t10-/m0/s1. The predicted molar refractivity (Wildman–Crippen MR) is 103 cm³/mol. The highest BCUT2D eigenvalue weighted by molar-refractivity contribution is 7.13. The van der Waals surface area contributed by atoms with Crippen LogP contribution in [0, 0.1) is 0 Å². The first-order chi connectivity index (χ1) is 12.4. The van der Waals surface area contributed by atoms with Crippen molar-refractivity contribution in [2.45, 2.75) is 13.0 Å². The van der Waals surface area contributed by atoms with Gasteiger partial charge in [-0.05, 0) is 36.6 Å². The fourth-order valence-corrected chi connectivity index (χ4v) is 3.25. The van der Waals surface area contributed by atoms with Crippen LogP contribution in [0.2, 0.25) is 10.0 Å². The molecule has 0 saturated heterocycles. The number of quaternary nitrogens is 1. The lowest BCUT2D eigenvalue weighted by molar-refractivity contribution is -0.903. The van der Waals surface area contributed by atoms with Crippen LogP contribution >= 0.6 is 34.5 Å². The third-order valence-corrected chi connectivity index (χ3v) is 5.52. The molecule has 9 heteroatoms. The molecule has 3 aromatic rings. The van der Waals surface area contributed by atoms with Gasteiger partial charge in [-0.15, -0.1) is 21.5 Å². The van der Waals surface area contributed by atoms with E-state index in [9.17, 15) is 4.79 Å². The van der Waals surface area contributed by atoms with E-state index in [1.54, 1.807) is 18.2 Å².